The van der Waals surface area contributed by atoms with E-state index in [-0.39, 0.29) is 5.91 Å². The van der Waals surface area contributed by atoms with Crippen LogP contribution in [0.1, 0.15) is 37.3 Å². The molecule has 0 radical (unpaired) electrons. The minimum Gasteiger partial charge on any atom is -0.493 e. The van der Waals surface area contributed by atoms with Crippen molar-refractivity contribution < 1.29 is 19.0 Å². The molecule has 1 heterocycles. The molecule has 33 heavy (non-hydrogen) atoms. The third-order valence-electron chi connectivity index (χ3n) is 5.47. The van der Waals surface area contributed by atoms with Crippen LogP contribution in [-0.2, 0) is 11.2 Å². The van der Waals surface area contributed by atoms with Crippen molar-refractivity contribution in [1.29, 1.82) is 0 Å². The van der Waals surface area contributed by atoms with E-state index in [4.69, 9.17) is 14.2 Å². The minimum atomic E-state index is 0.0389. The fourth-order valence-corrected chi connectivity index (χ4v) is 3.63. The summed E-state index contributed by atoms with van der Waals surface area (Å²) in [5.41, 5.74) is 2.97. The zero-order chi connectivity index (χ0) is 23.6. The van der Waals surface area contributed by atoms with Crippen molar-refractivity contribution in [2.24, 2.45) is 5.10 Å². The van der Waals surface area contributed by atoms with Gasteiger partial charge in [0.2, 0.25) is 5.91 Å². The molecule has 0 saturated heterocycles. The molecule has 0 N–H and O–H groups in total. The summed E-state index contributed by atoms with van der Waals surface area (Å²) in [6.07, 6.45) is 2.82. The van der Waals surface area contributed by atoms with E-state index >= 15 is 0 Å². The number of carbonyl (C=O) groups excluding carboxylic acids is 1. The number of amides is 1. The molecule has 7 heteroatoms. The summed E-state index contributed by atoms with van der Waals surface area (Å²) in [4.78, 5) is 14.9. The zero-order valence-electron chi connectivity index (χ0n) is 20.2. The second-order valence-electron chi connectivity index (χ2n) is 8.26. The molecule has 0 saturated carbocycles. The first-order valence-corrected chi connectivity index (χ1v) is 11.6. The highest BCUT2D eigenvalue weighted by Crippen LogP contribution is 2.29. The first-order chi connectivity index (χ1) is 16.0. The van der Waals surface area contributed by atoms with Crippen molar-refractivity contribution in [3.05, 3.63) is 53.6 Å². The molecule has 0 spiro atoms. The number of aryl methyl sites for hydroxylation is 1. The number of rotatable bonds is 11. The Kier molecular flexibility index (Phi) is 9.13. The molecule has 1 aliphatic rings. The van der Waals surface area contributed by atoms with Crippen molar-refractivity contribution in [3.8, 4) is 17.2 Å². The first-order valence-electron chi connectivity index (χ1n) is 11.6. The van der Waals surface area contributed by atoms with Crippen molar-refractivity contribution in [1.82, 2.24) is 9.91 Å². The summed E-state index contributed by atoms with van der Waals surface area (Å²) in [6.45, 7) is 4.67. The molecular formula is C26H35N3O4. The van der Waals surface area contributed by atoms with Gasteiger partial charge in [0, 0.05) is 25.1 Å². The highest BCUT2D eigenvalue weighted by atomic mass is 16.5. The quantitative estimate of drug-likeness (QED) is 0.515. The Bertz CT molecular complexity index is 941. The molecular weight excluding hydrogens is 418 g/mol. The molecule has 0 aromatic heterocycles. The summed E-state index contributed by atoms with van der Waals surface area (Å²) >= 11 is 0. The van der Waals surface area contributed by atoms with Crippen LogP contribution in [0.15, 0.2) is 47.6 Å². The summed E-state index contributed by atoms with van der Waals surface area (Å²) < 4.78 is 16.8. The molecule has 3 rings (SSSR count). The average molecular weight is 454 g/mol. The predicted octanol–water partition coefficient (Wildman–Crippen LogP) is 3.99. The standard InChI is InChI=1S/C26H35N3O4/c1-5-32-25-19-21(11-14-24(25)31-4)23-7-6-16-29(27-23)26(30)15-10-20-8-12-22(13-9-20)33-18-17-28(2)3/h8-9,11-14,19H,5-7,10,15-18H2,1-4H3. The van der Waals surface area contributed by atoms with Crippen LogP contribution in [0.3, 0.4) is 0 Å². The largest absolute Gasteiger partial charge is 0.493 e. The monoisotopic (exact) mass is 453 g/mol. The van der Waals surface area contributed by atoms with Gasteiger partial charge in [-0.3, -0.25) is 4.79 Å². The van der Waals surface area contributed by atoms with Crippen LogP contribution in [0.4, 0.5) is 0 Å². The van der Waals surface area contributed by atoms with E-state index in [1.165, 1.54) is 0 Å². The third kappa shape index (κ3) is 7.22. The zero-order valence-corrected chi connectivity index (χ0v) is 20.2. The molecule has 0 aliphatic carbocycles. The van der Waals surface area contributed by atoms with Crippen LogP contribution < -0.4 is 14.2 Å². The summed E-state index contributed by atoms with van der Waals surface area (Å²) in [7, 11) is 5.67. The number of ether oxygens (including phenoxy) is 3. The topological polar surface area (TPSA) is 63.6 Å². The van der Waals surface area contributed by atoms with Gasteiger partial charge >= 0.3 is 0 Å². The maximum atomic E-state index is 12.8. The Labute approximate surface area is 196 Å². The number of hydrogen-bond acceptors (Lipinski definition) is 6. The minimum absolute atomic E-state index is 0.0389. The van der Waals surface area contributed by atoms with Gasteiger partial charge in [-0.2, -0.15) is 5.10 Å². The lowest BCUT2D eigenvalue weighted by molar-refractivity contribution is -0.131. The predicted molar refractivity (Wildman–Crippen MR) is 130 cm³/mol. The van der Waals surface area contributed by atoms with Crippen LogP contribution in [0.2, 0.25) is 0 Å². The smallest absolute Gasteiger partial charge is 0.242 e. The van der Waals surface area contributed by atoms with Crippen LogP contribution in [0.25, 0.3) is 0 Å². The molecule has 2 aromatic rings. The second-order valence-corrected chi connectivity index (χ2v) is 8.26. The fraction of sp³-hybridized carbons (Fsp3) is 0.462. The van der Waals surface area contributed by atoms with E-state index in [9.17, 15) is 4.79 Å². The van der Waals surface area contributed by atoms with Gasteiger partial charge in [0.1, 0.15) is 12.4 Å². The highest BCUT2D eigenvalue weighted by molar-refractivity contribution is 6.02. The number of carbonyl (C=O) groups is 1. The van der Waals surface area contributed by atoms with E-state index in [1.807, 2.05) is 63.5 Å². The van der Waals surface area contributed by atoms with Crippen LogP contribution in [0.5, 0.6) is 17.2 Å². The molecule has 0 atom stereocenters. The van der Waals surface area contributed by atoms with E-state index < -0.39 is 0 Å². The van der Waals surface area contributed by atoms with Gasteiger partial charge in [-0.1, -0.05) is 12.1 Å². The molecule has 1 aliphatic heterocycles. The van der Waals surface area contributed by atoms with Crippen LogP contribution >= 0.6 is 0 Å². The number of nitrogens with zero attached hydrogens (tertiary/aromatic N) is 3. The summed E-state index contributed by atoms with van der Waals surface area (Å²) in [5.74, 6) is 2.28. The van der Waals surface area contributed by atoms with Gasteiger partial charge in [-0.25, -0.2) is 5.01 Å². The summed E-state index contributed by atoms with van der Waals surface area (Å²) in [6, 6.07) is 13.8. The van der Waals surface area contributed by atoms with Gasteiger partial charge in [0.05, 0.1) is 19.4 Å². The van der Waals surface area contributed by atoms with Gasteiger partial charge in [0.15, 0.2) is 11.5 Å². The molecule has 7 nitrogen and oxygen atoms in total. The number of benzene rings is 2. The van der Waals surface area contributed by atoms with Gasteiger partial charge in [0.25, 0.3) is 0 Å². The Morgan fingerprint density at radius 2 is 1.88 bits per heavy atom. The van der Waals surface area contributed by atoms with Crippen molar-refractivity contribution in [2.75, 3.05) is 47.5 Å². The highest BCUT2D eigenvalue weighted by Gasteiger charge is 2.20. The molecule has 0 fully saturated rings. The van der Waals surface area contributed by atoms with E-state index in [0.717, 1.165) is 42.0 Å². The van der Waals surface area contributed by atoms with Crippen molar-refractivity contribution in [2.45, 2.75) is 32.6 Å². The van der Waals surface area contributed by atoms with E-state index in [0.29, 0.717) is 44.1 Å². The lowest BCUT2D eigenvalue weighted by Gasteiger charge is -2.24. The number of hydrogen-bond donors (Lipinski definition) is 0. The number of hydrazone groups is 1. The Morgan fingerprint density at radius 3 is 2.58 bits per heavy atom. The summed E-state index contributed by atoms with van der Waals surface area (Å²) in [5, 5.41) is 6.28. The SMILES string of the molecule is CCOc1cc(C2=NN(C(=O)CCc3ccc(OCCN(C)C)cc3)CCC2)ccc1OC. The lowest BCUT2D eigenvalue weighted by Crippen LogP contribution is -2.32. The average Bonchev–Trinajstić information content (AvgIpc) is 2.83. The number of likely N-dealkylation sites (N-methyl/N-ethyl adjacent to an activating group) is 1. The van der Waals surface area contributed by atoms with Crippen molar-refractivity contribution >= 4 is 11.6 Å². The Morgan fingerprint density at radius 1 is 1.09 bits per heavy atom. The maximum absolute atomic E-state index is 12.8. The molecule has 2 aromatic carbocycles. The second kappa shape index (κ2) is 12.3. The van der Waals surface area contributed by atoms with Crippen molar-refractivity contribution in [3.63, 3.8) is 0 Å². The molecule has 0 bridgehead atoms. The fourth-order valence-electron chi connectivity index (χ4n) is 3.63. The molecule has 0 unspecified atom stereocenters. The lowest BCUT2D eigenvalue weighted by atomic mass is 10.0. The van der Waals surface area contributed by atoms with E-state index in [1.54, 1.807) is 12.1 Å². The Hall–Kier alpha value is -3.06. The van der Waals surface area contributed by atoms with Crippen LogP contribution in [-0.4, -0.2) is 69.0 Å². The number of methoxy groups -OCH3 is 1. The third-order valence-corrected chi connectivity index (χ3v) is 5.47. The van der Waals surface area contributed by atoms with Gasteiger partial charge in [-0.15, -0.1) is 0 Å². The van der Waals surface area contributed by atoms with E-state index in [2.05, 4.69) is 10.0 Å². The molecule has 178 valence electrons. The van der Waals surface area contributed by atoms with Gasteiger partial charge < -0.3 is 19.1 Å². The first kappa shape index (κ1) is 24.6. The maximum Gasteiger partial charge on any atom is 0.242 e. The Balaban J connectivity index is 1.58. The molecule has 1 amide bonds. The van der Waals surface area contributed by atoms with Gasteiger partial charge in [-0.05, 0) is 76.2 Å². The normalized spacial score (nSPS) is 13.6. The van der Waals surface area contributed by atoms with Crippen LogP contribution in [0, 0.1) is 0 Å².